The number of fused-ring (bicyclic) bond motifs is 6. The van der Waals surface area contributed by atoms with Crippen LogP contribution in [0.15, 0.2) is 84.9 Å². The third-order valence-corrected chi connectivity index (χ3v) is 6.77. The first-order chi connectivity index (χ1) is 15.8. The molecule has 0 amide bonds. The number of rotatable bonds is 5. The Morgan fingerprint density at radius 2 is 0.875 bits per heavy atom. The van der Waals surface area contributed by atoms with Gasteiger partial charge in [0.1, 0.15) is 0 Å². The standard InChI is InChI=1S/C30H28N2/c1-3-17-31-27-11-7-5-9-23(27)25-19-21(13-15-29(25)31)22-14-16-30-26(20-22)24-10-6-8-12-28(24)32(30)18-4-2/h5-16,19-20H,3-4,17-18H2,1-2H3. The Balaban J connectivity index is 1.58. The van der Waals surface area contributed by atoms with Gasteiger partial charge in [-0.1, -0.05) is 62.4 Å². The van der Waals surface area contributed by atoms with Gasteiger partial charge in [0.2, 0.25) is 0 Å². The number of aromatic nitrogens is 2. The Labute approximate surface area is 188 Å². The maximum absolute atomic E-state index is 2.47. The Hall–Kier alpha value is -3.52. The molecule has 2 nitrogen and oxygen atoms in total. The summed E-state index contributed by atoms with van der Waals surface area (Å²) < 4.78 is 4.94. The maximum Gasteiger partial charge on any atom is 0.0491 e. The van der Waals surface area contributed by atoms with Crippen molar-refractivity contribution in [3.63, 3.8) is 0 Å². The zero-order valence-corrected chi connectivity index (χ0v) is 18.8. The molecule has 0 atom stereocenters. The highest BCUT2D eigenvalue weighted by Crippen LogP contribution is 2.36. The fraction of sp³-hybridized carbons (Fsp3) is 0.200. The molecule has 2 heterocycles. The second kappa shape index (κ2) is 7.56. The van der Waals surface area contributed by atoms with E-state index in [2.05, 4.69) is 108 Å². The van der Waals surface area contributed by atoms with E-state index >= 15 is 0 Å². The average molecular weight is 417 g/mol. The van der Waals surface area contributed by atoms with E-state index in [1.165, 1.54) is 54.7 Å². The number of hydrogen-bond acceptors (Lipinski definition) is 0. The summed E-state index contributed by atoms with van der Waals surface area (Å²) in [5.74, 6) is 0. The van der Waals surface area contributed by atoms with Crippen LogP contribution in [0.3, 0.4) is 0 Å². The molecular formula is C30H28N2. The summed E-state index contributed by atoms with van der Waals surface area (Å²) in [5.41, 5.74) is 7.89. The van der Waals surface area contributed by atoms with Crippen LogP contribution < -0.4 is 0 Å². The minimum atomic E-state index is 1.05. The average Bonchev–Trinajstić information content (AvgIpc) is 3.32. The van der Waals surface area contributed by atoms with Crippen molar-refractivity contribution in [1.29, 1.82) is 0 Å². The van der Waals surface area contributed by atoms with Crippen LogP contribution in [0, 0.1) is 0 Å². The minimum absolute atomic E-state index is 1.05. The van der Waals surface area contributed by atoms with Crippen molar-refractivity contribution in [2.45, 2.75) is 39.8 Å². The zero-order valence-electron chi connectivity index (χ0n) is 18.8. The van der Waals surface area contributed by atoms with E-state index in [9.17, 15) is 0 Å². The molecule has 158 valence electrons. The highest BCUT2D eigenvalue weighted by atomic mass is 15.0. The second-order valence-electron chi connectivity index (χ2n) is 8.80. The van der Waals surface area contributed by atoms with Crippen LogP contribution in [0.25, 0.3) is 54.7 Å². The van der Waals surface area contributed by atoms with Gasteiger partial charge in [-0.25, -0.2) is 0 Å². The highest BCUT2D eigenvalue weighted by molar-refractivity contribution is 6.11. The molecule has 0 saturated carbocycles. The number of benzene rings is 4. The van der Waals surface area contributed by atoms with Crippen LogP contribution in [0.1, 0.15) is 26.7 Å². The molecule has 0 saturated heterocycles. The molecule has 0 bridgehead atoms. The lowest BCUT2D eigenvalue weighted by Crippen LogP contribution is -1.95. The molecule has 0 fully saturated rings. The number of aryl methyl sites for hydroxylation is 2. The van der Waals surface area contributed by atoms with Gasteiger partial charge in [0.15, 0.2) is 0 Å². The van der Waals surface area contributed by atoms with Crippen molar-refractivity contribution in [3.05, 3.63) is 84.9 Å². The summed E-state index contributed by atoms with van der Waals surface area (Å²) in [7, 11) is 0. The van der Waals surface area contributed by atoms with Crippen LogP contribution in [0.2, 0.25) is 0 Å². The minimum Gasteiger partial charge on any atom is -0.340 e. The van der Waals surface area contributed by atoms with Crippen molar-refractivity contribution in [2.75, 3.05) is 0 Å². The lowest BCUT2D eigenvalue weighted by Gasteiger charge is -2.08. The van der Waals surface area contributed by atoms with Crippen LogP contribution in [-0.2, 0) is 13.1 Å². The molecule has 0 unspecified atom stereocenters. The van der Waals surface area contributed by atoms with Gasteiger partial charge >= 0.3 is 0 Å². The predicted octanol–water partition coefficient (Wildman–Crippen LogP) is 8.39. The van der Waals surface area contributed by atoms with Crippen molar-refractivity contribution in [1.82, 2.24) is 9.13 Å². The molecule has 0 radical (unpaired) electrons. The molecular weight excluding hydrogens is 388 g/mol. The summed E-state index contributed by atoms with van der Waals surface area (Å²) in [6.45, 7) is 6.59. The monoisotopic (exact) mass is 416 g/mol. The number of para-hydroxylation sites is 2. The third-order valence-electron chi connectivity index (χ3n) is 6.77. The summed E-state index contributed by atoms with van der Waals surface area (Å²) in [6, 6.07) is 31.6. The van der Waals surface area contributed by atoms with E-state index in [-0.39, 0.29) is 0 Å². The molecule has 2 aromatic heterocycles. The number of nitrogens with zero attached hydrogens (tertiary/aromatic N) is 2. The molecule has 0 aliphatic heterocycles. The van der Waals surface area contributed by atoms with E-state index < -0.39 is 0 Å². The van der Waals surface area contributed by atoms with Gasteiger partial charge in [-0.05, 0) is 60.4 Å². The summed E-state index contributed by atoms with van der Waals surface area (Å²) >= 11 is 0. The molecule has 32 heavy (non-hydrogen) atoms. The highest BCUT2D eigenvalue weighted by Gasteiger charge is 2.13. The van der Waals surface area contributed by atoms with Gasteiger partial charge in [0, 0.05) is 56.7 Å². The van der Waals surface area contributed by atoms with Crippen molar-refractivity contribution in [3.8, 4) is 11.1 Å². The fourth-order valence-corrected chi connectivity index (χ4v) is 5.40. The fourth-order valence-electron chi connectivity index (χ4n) is 5.40. The van der Waals surface area contributed by atoms with Crippen LogP contribution in [-0.4, -0.2) is 9.13 Å². The van der Waals surface area contributed by atoms with Crippen molar-refractivity contribution in [2.24, 2.45) is 0 Å². The molecule has 0 aliphatic rings. The smallest absolute Gasteiger partial charge is 0.0491 e. The Morgan fingerprint density at radius 3 is 1.31 bits per heavy atom. The van der Waals surface area contributed by atoms with Crippen molar-refractivity contribution < 1.29 is 0 Å². The lowest BCUT2D eigenvalue weighted by atomic mass is 10.0. The first kappa shape index (κ1) is 19.2. The van der Waals surface area contributed by atoms with E-state index in [1.54, 1.807) is 0 Å². The zero-order chi connectivity index (χ0) is 21.7. The third kappa shape index (κ3) is 2.79. The summed E-state index contributed by atoms with van der Waals surface area (Å²) in [4.78, 5) is 0. The molecule has 4 aromatic carbocycles. The maximum atomic E-state index is 2.47. The summed E-state index contributed by atoms with van der Waals surface area (Å²) in [6.07, 6.45) is 2.27. The van der Waals surface area contributed by atoms with Gasteiger partial charge in [-0.3, -0.25) is 0 Å². The van der Waals surface area contributed by atoms with Crippen LogP contribution >= 0.6 is 0 Å². The van der Waals surface area contributed by atoms with E-state index in [0.717, 1.165) is 25.9 Å². The Morgan fingerprint density at radius 1 is 0.469 bits per heavy atom. The van der Waals surface area contributed by atoms with Crippen molar-refractivity contribution >= 4 is 43.6 Å². The topological polar surface area (TPSA) is 9.86 Å². The predicted molar refractivity (Wildman–Crippen MR) is 138 cm³/mol. The second-order valence-corrected chi connectivity index (χ2v) is 8.80. The molecule has 0 aliphatic carbocycles. The van der Waals surface area contributed by atoms with E-state index in [4.69, 9.17) is 0 Å². The lowest BCUT2D eigenvalue weighted by molar-refractivity contribution is 0.724. The molecule has 6 rings (SSSR count). The number of hydrogen-bond donors (Lipinski definition) is 0. The van der Waals surface area contributed by atoms with Gasteiger partial charge in [0.25, 0.3) is 0 Å². The van der Waals surface area contributed by atoms with Crippen LogP contribution in [0.5, 0.6) is 0 Å². The SMILES string of the molecule is CCCn1c2ccccc2c2cc(-c3ccc4c(c3)c3ccccc3n4CCC)ccc21. The molecule has 0 N–H and O–H groups in total. The Kier molecular flexibility index (Phi) is 4.53. The Bertz CT molecular complexity index is 1470. The van der Waals surface area contributed by atoms with E-state index in [0.29, 0.717) is 0 Å². The van der Waals surface area contributed by atoms with Gasteiger partial charge in [-0.15, -0.1) is 0 Å². The van der Waals surface area contributed by atoms with Gasteiger partial charge in [0.05, 0.1) is 0 Å². The van der Waals surface area contributed by atoms with Gasteiger partial charge < -0.3 is 9.13 Å². The quantitative estimate of drug-likeness (QED) is 0.267. The normalized spacial score (nSPS) is 11.9. The molecule has 6 aromatic rings. The first-order valence-corrected chi connectivity index (χ1v) is 11.8. The first-order valence-electron chi connectivity index (χ1n) is 11.8. The largest absolute Gasteiger partial charge is 0.340 e. The van der Waals surface area contributed by atoms with Crippen LogP contribution in [0.4, 0.5) is 0 Å². The van der Waals surface area contributed by atoms with E-state index in [1.807, 2.05) is 0 Å². The van der Waals surface area contributed by atoms with Gasteiger partial charge in [-0.2, -0.15) is 0 Å². The molecule has 0 spiro atoms. The molecule has 2 heteroatoms. The summed E-state index contributed by atoms with van der Waals surface area (Å²) in [5, 5.41) is 5.39.